The van der Waals surface area contributed by atoms with Crippen molar-refractivity contribution in [3.05, 3.63) is 36.0 Å². The molecule has 0 atom stereocenters. The van der Waals surface area contributed by atoms with Crippen molar-refractivity contribution < 1.29 is 82.4 Å². The summed E-state index contributed by atoms with van der Waals surface area (Å²) in [6.45, 7) is 0. The molecule has 0 aromatic rings. The Labute approximate surface area is 188 Å². The number of carbonyl (C=O) groups excluding carboxylic acids is 3. The molecule has 0 fully saturated rings. The summed E-state index contributed by atoms with van der Waals surface area (Å²) >= 11 is 0. The Bertz CT molecular complexity index is 652. The quantitative estimate of drug-likeness (QED) is 0.199. The van der Waals surface area contributed by atoms with Crippen molar-refractivity contribution in [2.45, 2.75) is 24.7 Å². The van der Waals surface area contributed by atoms with Crippen LogP contribution in [0, 0.1) is 6.42 Å². The zero-order valence-corrected chi connectivity index (χ0v) is 18.2. The Morgan fingerprint density at radius 3 is 0.969 bits per heavy atom. The minimum Gasteiger partial charge on any atom is -0.542 e. The van der Waals surface area contributed by atoms with Gasteiger partial charge >= 0.3 is 24.7 Å². The topological polar surface area (TPSA) is 120 Å². The largest absolute Gasteiger partial charge is 0.542 e. The van der Waals surface area contributed by atoms with Crippen LogP contribution in [-0.4, -0.2) is 69.9 Å². The van der Waals surface area contributed by atoms with Crippen LogP contribution in [0.4, 0.5) is 52.7 Å². The average molecular weight is 691 g/mol. The molecule has 0 bridgehead atoms. The van der Waals surface area contributed by atoms with E-state index in [1.807, 2.05) is 0 Å². The van der Waals surface area contributed by atoms with Crippen molar-refractivity contribution in [1.82, 2.24) is 0 Å². The van der Waals surface area contributed by atoms with Gasteiger partial charge in [-0.05, 0) is 18.2 Å². The van der Waals surface area contributed by atoms with Crippen LogP contribution in [-0.2, 0) is 14.4 Å². The van der Waals surface area contributed by atoms with Crippen LogP contribution in [0.1, 0.15) is 0 Å². The zero-order valence-electron chi connectivity index (χ0n) is 14.3. The molecule has 0 N–H and O–H groups in total. The van der Waals surface area contributed by atoms with E-state index in [2.05, 4.69) is 5.73 Å². The van der Waals surface area contributed by atoms with E-state index >= 15 is 0 Å². The number of hydrogen-bond acceptors (Lipinski definition) is 6. The SMILES string of the molecule is FC(F)(F)C1=CC=C=C[CH]1.O=C([O-])C(F)(F)F.O=C([O-])C(F)(F)F.O=C([O-])C(F)(F)F.[Pb]. The molecule has 0 aliphatic heterocycles. The Morgan fingerprint density at radius 1 is 0.625 bits per heavy atom. The number of aliphatic carboxylic acids is 3. The molecule has 32 heavy (non-hydrogen) atoms. The van der Waals surface area contributed by atoms with Crippen molar-refractivity contribution in [3.63, 3.8) is 0 Å². The van der Waals surface area contributed by atoms with Crippen molar-refractivity contribution in [2.75, 3.05) is 0 Å². The van der Waals surface area contributed by atoms with E-state index in [1.54, 1.807) is 0 Å². The van der Waals surface area contributed by atoms with Gasteiger partial charge in [0.1, 0.15) is 17.9 Å². The average Bonchev–Trinajstić information content (AvgIpc) is 2.54. The van der Waals surface area contributed by atoms with Gasteiger partial charge < -0.3 is 29.7 Å². The van der Waals surface area contributed by atoms with E-state index in [0.29, 0.717) is 0 Å². The summed E-state index contributed by atoms with van der Waals surface area (Å²) in [6, 6.07) is 0. The van der Waals surface area contributed by atoms with Crippen LogP contribution in [0.3, 0.4) is 0 Å². The second-order valence-corrected chi connectivity index (χ2v) is 4.14. The summed E-state index contributed by atoms with van der Waals surface area (Å²) in [4.78, 5) is 26.4. The fraction of sp³-hybridized carbons (Fsp3) is 0.308. The molecule has 183 valence electrons. The van der Waals surface area contributed by atoms with E-state index in [9.17, 15) is 52.7 Å². The normalized spacial score (nSPS) is 12.8. The minimum atomic E-state index is -5.19. The van der Waals surface area contributed by atoms with Gasteiger partial charge in [0.25, 0.3) is 0 Å². The summed E-state index contributed by atoms with van der Waals surface area (Å²) in [5, 5.41) is 26.4. The first-order valence-electron chi connectivity index (χ1n) is 6.31. The van der Waals surface area contributed by atoms with Crippen LogP contribution in [0.15, 0.2) is 29.5 Å². The molecular formula is C13H4F12O6Pb-3. The number of rotatable bonds is 0. The molecule has 0 unspecified atom stereocenters. The summed E-state index contributed by atoms with van der Waals surface area (Å²) < 4.78 is 130. The summed E-state index contributed by atoms with van der Waals surface area (Å²) in [6.07, 6.45) is -15.4. The third-order valence-electron chi connectivity index (χ3n) is 1.74. The third kappa shape index (κ3) is 22.4. The van der Waals surface area contributed by atoms with Gasteiger partial charge in [0.05, 0.1) is 0 Å². The fourth-order valence-corrected chi connectivity index (χ4v) is 0.576. The molecule has 6 nitrogen and oxygen atoms in total. The number of carboxylic acids is 3. The summed E-state index contributed by atoms with van der Waals surface area (Å²) in [5.74, 6) is -9.02. The third-order valence-corrected chi connectivity index (χ3v) is 1.74. The minimum absolute atomic E-state index is 0. The molecule has 1 aliphatic carbocycles. The Kier molecular flexibility index (Phi) is 17.1. The maximum atomic E-state index is 11.8. The van der Waals surface area contributed by atoms with E-state index in [4.69, 9.17) is 29.7 Å². The van der Waals surface area contributed by atoms with Crippen LogP contribution < -0.4 is 15.3 Å². The second-order valence-electron chi connectivity index (χ2n) is 4.14. The number of carbonyl (C=O) groups is 3. The molecule has 0 amide bonds. The monoisotopic (exact) mass is 692 g/mol. The number of halogens is 12. The Hall–Kier alpha value is -2.25. The van der Waals surface area contributed by atoms with E-state index in [1.165, 1.54) is 12.2 Å². The first kappa shape index (κ1) is 37.1. The number of carboxylic acid groups (broad SMARTS) is 3. The van der Waals surface area contributed by atoms with Crippen LogP contribution >= 0.6 is 0 Å². The van der Waals surface area contributed by atoms with Gasteiger partial charge in [0.15, 0.2) is 0 Å². The number of alkyl halides is 12. The van der Waals surface area contributed by atoms with Crippen molar-refractivity contribution in [2.24, 2.45) is 0 Å². The molecule has 0 aromatic carbocycles. The van der Waals surface area contributed by atoms with Gasteiger partial charge in [-0.1, -0.05) is 0 Å². The van der Waals surface area contributed by atoms with Gasteiger partial charge in [0, 0.05) is 39.3 Å². The standard InChI is InChI=1S/C7H4F3.3C2HF3O2.Pb/c8-7(9,10)6-4-2-1-3-5-6;3*3-2(4,5)1(6)7;/h2-5H;3*(H,6,7);/p-3. The molecular weight excluding hydrogens is 687 g/mol. The Morgan fingerprint density at radius 2 is 0.875 bits per heavy atom. The molecule has 1 aliphatic rings. The van der Waals surface area contributed by atoms with Gasteiger partial charge in [-0.3, -0.25) is 0 Å². The van der Waals surface area contributed by atoms with Gasteiger partial charge in [-0.25, -0.2) is 0 Å². The van der Waals surface area contributed by atoms with Gasteiger partial charge in [-0.2, -0.15) is 52.7 Å². The van der Waals surface area contributed by atoms with Crippen LogP contribution in [0.5, 0.6) is 0 Å². The van der Waals surface area contributed by atoms with Crippen molar-refractivity contribution in [1.29, 1.82) is 0 Å². The smallest absolute Gasteiger partial charge is 0.430 e. The Balaban J connectivity index is -0.000000164. The summed E-state index contributed by atoms with van der Waals surface area (Å²) in [7, 11) is 0. The van der Waals surface area contributed by atoms with E-state index in [0.717, 1.165) is 12.5 Å². The zero-order chi connectivity index (χ0) is 25.8. The fourth-order valence-electron chi connectivity index (χ4n) is 0.576. The maximum Gasteiger partial charge on any atom is 0.430 e. The number of allylic oxidation sites excluding steroid dienone is 3. The first-order valence-corrected chi connectivity index (χ1v) is 6.31. The predicted molar refractivity (Wildman–Crippen MR) is 70.0 cm³/mol. The van der Waals surface area contributed by atoms with Crippen molar-refractivity contribution >= 4 is 45.2 Å². The molecule has 0 saturated carbocycles. The maximum absolute atomic E-state index is 11.8. The molecule has 1 rings (SSSR count). The molecule has 19 heteroatoms. The first-order chi connectivity index (χ1) is 13.4. The van der Waals surface area contributed by atoms with E-state index in [-0.39, 0.29) is 27.3 Å². The van der Waals surface area contributed by atoms with Crippen LogP contribution in [0.25, 0.3) is 0 Å². The predicted octanol–water partition coefficient (Wildman–Crippen LogP) is -0.0807. The number of hydrogen-bond donors (Lipinski definition) is 0. The molecule has 0 heterocycles. The van der Waals surface area contributed by atoms with Crippen LogP contribution in [0.2, 0.25) is 0 Å². The van der Waals surface area contributed by atoms with Crippen molar-refractivity contribution in [3.8, 4) is 0 Å². The van der Waals surface area contributed by atoms with Gasteiger partial charge in [0.2, 0.25) is 0 Å². The molecule has 0 saturated heterocycles. The second kappa shape index (κ2) is 14.7. The molecule has 5 radical (unpaired) electrons. The van der Waals surface area contributed by atoms with E-state index < -0.39 is 48.2 Å². The molecule has 0 aromatic heterocycles. The molecule has 0 spiro atoms. The van der Waals surface area contributed by atoms with Gasteiger partial charge in [-0.15, -0.1) is 5.73 Å². The summed E-state index contributed by atoms with van der Waals surface area (Å²) in [5.41, 5.74) is 1.87.